The first-order valence-corrected chi connectivity index (χ1v) is 8.37. The molecule has 2 aromatic carbocycles. The molecule has 4 N–H and O–H groups in total. The van der Waals surface area contributed by atoms with Crippen molar-refractivity contribution in [2.45, 2.75) is 18.3 Å². The first-order chi connectivity index (χ1) is 12.6. The molecule has 0 unspecified atom stereocenters. The minimum absolute atomic E-state index is 0.188. The normalized spacial score (nSPS) is 13.3. The monoisotopic (exact) mass is 353 g/mol. The molecule has 1 aromatic heterocycles. The van der Waals surface area contributed by atoms with Crippen LogP contribution in [0.4, 0.5) is 0 Å². The van der Waals surface area contributed by atoms with E-state index in [1.54, 1.807) is 30.5 Å². The lowest BCUT2D eigenvalue weighted by Gasteiger charge is -2.21. The molecule has 1 amide bonds. The van der Waals surface area contributed by atoms with Gasteiger partial charge in [-0.05, 0) is 23.6 Å². The van der Waals surface area contributed by atoms with Gasteiger partial charge in [0.1, 0.15) is 5.58 Å². The van der Waals surface area contributed by atoms with Crippen molar-refractivity contribution in [3.8, 4) is 0 Å². The molecule has 0 aliphatic rings. The van der Waals surface area contributed by atoms with Crippen molar-refractivity contribution in [2.24, 2.45) is 0 Å². The molecule has 0 aliphatic heterocycles. The Bertz CT molecular complexity index is 865. The molecule has 6 nitrogen and oxygen atoms in total. The average molecular weight is 353 g/mol. The zero-order valence-electron chi connectivity index (χ0n) is 14.1. The number of nitrogens with one attached hydrogen (secondary N) is 1. The number of furan rings is 1. The Balaban J connectivity index is 1.77. The van der Waals surface area contributed by atoms with Gasteiger partial charge in [0, 0.05) is 5.39 Å². The fourth-order valence-corrected chi connectivity index (χ4v) is 2.97. The summed E-state index contributed by atoms with van der Waals surface area (Å²) in [4.78, 5) is 12.6. The maximum Gasteiger partial charge on any atom is 0.475 e. The van der Waals surface area contributed by atoms with E-state index in [-0.39, 0.29) is 13.0 Å². The van der Waals surface area contributed by atoms with Crippen LogP contribution in [-0.2, 0) is 11.2 Å². The smallest absolute Gasteiger partial charge is 0.464 e. The number of fused-ring (bicyclic) bond motifs is 1. The van der Waals surface area contributed by atoms with Gasteiger partial charge < -0.3 is 24.9 Å². The van der Waals surface area contributed by atoms with Crippen LogP contribution in [0, 0.1) is 0 Å². The van der Waals surface area contributed by atoms with Crippen molar-refractivity contribution in [3.63, 3.8) is 0 Å². The van der Waals surface area contributed by atoms with E-state index in [2.05, 4.69) is 5.32 Å². The second-order valence-electron chi connectivity index (χ2n) is 6.14. The molecule has 3 rings (SSSR count). The highest BCUT2D eigenvalue weighted by Crippen LogP contribution is 2.22. The second-order valence-corrected chi connectivity index (χ2v) is 6.14. The SMILES string of the molecule is O=C(N[C@H](Cc1coc2ccccc12)B(O)O)[C@H](CO)c1ccccc1. The molecule has 1 heterocycles. The molecule has 134 valence electrons. The van der Waals surface area contributed by atoms with Crippen LogP contribution in [0.5, 0.6) is 0 Å². The molecular weight excluding hydrogens is 333 g/mol. The zero-order chi connectivity index (χ0) is 18.5. The van der Waals surface area contributed by atoms with E-state index in [1.165, 1.54) is 0 Å². The van der Waals surface area contributed by atoms with Gasteiger partial charge in [-0.1, -0.05) is 48.5 Å². The number of amides is 1. The van der Waals surface area contributed by atoms with Crippen LogP contribution in [0.3, 0.4) is 0 Å². The third-order valence-electron chi connectivity index (χ3n) is 4.39. The summed E-state index contributed by atoms with van der Waals surface area (Å²) in [5.74, 6) is -2.18. The van der Waals surface area contributed by atoms with Crippen molar-refractivity contribution in [2.75, 3.05) is 6.61 Å². The maximum absolute atomic E-state index is 12.6. The summed E-state index contributed by atoms with van der Waals surface area (Å²) in [5, 5.41) is 32.5. The van der Waals surface area contributed by atoms with Gasteiger partial charge in [-0.2, -0.15) is 0 Å². The molecule has 0 bridgehead atoms. The van der Waals surface area contributed by atoms with Gasteiger partial charge in [0.05, 0.1) is 24.7 Å². The lowest BCUT2D eigenvalue weighted by molar-refractivity contribution is -0.123. The average Bonchev–Trinajstić information content (AvgIpc) is 3.06. The quantitative estimate of drug-likeness (QED) is 0.479. The molecular formula is C19H20BNO5. The number of aliphatic hydroxyl groups excluding tert-OH is 1. The third kappa shape index (κ3) is 3.96. The van der Waals surface area contributed by atoms with Crippen LogP contribution in [0.1, 0.15) is 17.0 Å². The predicted octanol–water partition coefficient (Wildman–Crippen LogP) is 1.25. The Labute approximate surface area is 151 Å². The number of carbonyl (C=O) groups is 1. The molecule has 0 spiro atoms. The maximum atomic E-state index is 12.6. The predicted molar refractivity (Wildman–Crippen MR) is 98.3 cm³/mol. The Kier molecular flexibility index (Phi) is 5.73. The molecule has 7 heteroatoms. The molecule has 0 saturated heterocycles. The number of para-hydroxylation sites is 1. The Morgan fingerprint density at radius 2 is 1.77 bits per heavy atom. The summed E-state index contributed by atoms with van der Waals surface area (Å²) in [7, 11) is -1.75. The Hall–Kier alpha value is -2.61. The van der Waals surface area contributed by atoms with E-state index in [0.29, 0.717) is 11.1 Å². The van der Waals surface area contributed by atoms with Gasteiger partial charge in [-0.25, -0.2) is 0 Å². The lowest BCUT2D eigenvalue weighted by atomic mass is 9.75. The van der Waals surface area contributed by atoms with E-state index in [1.807, 2.05) is 30.3 Å². The number of hydrogen-bond acceptors (Lipinski definition) is 5. The first-order valence-electron chi connectivity index (χ1n) is 8.37. The summed E-state index contributed by atoms with van der Waals surface area (Å²) >= 11 is 0. The molecule has 2 atom stereocenters. The van der Waals surface area contributed by atoms with Crippen LogP contribution in [-0.4, -0.2) is 40.7 Å². The molecule has 26 heavy (non-hydrogen) atoms. The highest BCUT2D eigenvalue weighted by atomic mass is 16.4. The minimum atomic E-state index is -1.75. The van der Waals surface area contributed by atoms with Gasteiger partial charge >= 0.3 is 7.12 Å². The summed E-state index contributed by atoms with van der Waals surface area (Å²) in [6.07, 6.45) is 1.74. The summed E-state index contributed by atoms with van der Waals surface area (Å²) in [6, 6.07) is 16.3. The van der Waals surface area contributed by atoms with Crippen molar-refractivity contribution in [1.82, 2.24) is 5.32 Å². The number of carbonyl (C=O) groups excluding carboxylic acids is 1. The first kappa shape index (κ1) is 18.2. The van der Waals surface area contributed by atoms with Gasteiger partial charge in [-0.15, -0.1) is 0 Å². The van der Waals surface area contributed by atoms with Gasteiger partial charge in [0.15, 0.2) is 0 Å². The largest absolute Gasteiger partial charge is 0.475 e. The van der Waals surface area contributed by atoms with Crippen molar-refractivity contribution >= 4 is 24.0 Å². The van der Waals surface area contributed by atoms with Crippen LogP contribution < -0.4 is 5.32 Å². The molecule has 0 radical (unpaired) electrons. The molecule has 0 saturated carbocycles. The zero-order valence-corrected chi connectivity index (χ0v) is 14.1. The second kappa shape index (κ2) is 8.18. The fraction of sp³-hybridized carbons (Fsp3) is 0.211. The molecule has 3 aromatic rings. The fourth-order valence-electron chi connectivity index (χ4n) is 2.97. The number of benzene rings is 2. The van der Waals surface area contributed by atoms with Crippen molar-refractivity contribution in [3.05, 3.63) is 72.0 Å². The van der Waals surface area contributed by atoms with Gasteiger partial charge in [0.2, 0.25) is 5.91 Å². The van der Waals surface area contributed by atoms with Crippen LogP contribution >= 0.6 is 0 Å². The number of hydrogen-bond donors (Lipinski definition) is 4. The number of rotatable bonds is 7. The van der Waals surface area contributed by atoms with Crippen molar-refractivity contribution in [1.29, 1.82) is 0 Å². The standard InChI is InChI=1S/C19H20BNO5/c22-11-16(13-6-2-1-3-7-13)19(23)21-18(20(24)25)10-14-12-26-17-9-5-4-8-15(14)17/h1-9,12,16,18,22,24-25H,10-11H2,(H,21,23)/t16-,18-/m1/s1. The lowest BCUT2D eigenvalue weighted by Crippen LogP contribution is -2.49. The Morgan fingerprint density at radius 1 is 1.08 bits per heavy atom. The van der Waals surface area contributed by atoms with Gasteiger partial charge in [-0.3, -0.25) is 4.79 Å². The topological polar surface area (TPSA) is 103 Å². The summed E-state index contributed by atoms with van der Waals surface area (Å²) in [6.45, 7) is -0.376. The van der Waals surface area contributed by atoms with E-state index >= 15 is 0 Å². The van der Waals surface area contributed by atoms with Crippen LogP contribution in [0.15, 0.2) is 65.3 Å². The summed E-state index contributed by atoms with van der Waals surface area (Å²) in [5.41, 5.74) is 2.12. The van der Waals surface area contributed by atoms with E-state index in [9.17, 15) is 19.9 Å². The highest BCUT2D eigenvalue weighted by Gasteiger charge is 2.30. The number of aliphatic hydroxyl groups is 1. The van der Waals surface area contributed by atoms with Crippen LogP contribution in [0.2, 0.25) is 0 Å². The minimum Gasteiger partial charge on any atom is -0.464 e. The molecule has 0 fully saturated rings. The highest BCUT2D eigenvalue weighted by molar-refractivity contribution is 6.43. The Morgan fingerprint density at radius 3 is 2.46 bits per heavy atom. The van der Waals surface area contributed by atoms with E-state index in [4.69, 9.17) is 4.42 Å². The molecule has 0 aliphatic carbocycles. The van der Waals surface area contributed by atoms with Crippen molar-refractivity contribution < 1.29 is 24.4 Å². The van der Waals surface area contributed by atoms with Crippen LogP contribution in [0.25, 0.3) is 11.0 Å². The van der Waals surface area contributed by atoms with E-state index < -0.39 is 24.9 Å². The third-order valence-corrected chi connectivity index (χ3v) is 4.39. The van der Waals surface area contributed by atoms with Gasteiger partial charge in [0.25, 0.3) is 0 Å². The summed E-state index contributed by atoms with van der Waals surface area (Å²) < 4.78 is 5.46. The van der Waals surface area contributed by atoms with E-state index in [0.717, 1.165) is 10.9 Å².